The van der Waals surface area contributed by atoms with E-state index < -0.39 is 23.7 Å². The summed E-state index contributed by atoms with van der Waals surface area (Å²) in [6, 6.07) is 1.46. The highest BCUT2D eigenvalue weighted by Gasteiger charge is 2.52. The molecule has 0 spiro atoms. The van der Waals surface area contributed by atoms with E-state index in [0.717, 1.165) is 4.57 Å². The minimum atomic E-state index is -1.28. The first-order valence-corrected chi connectivity index (χ1v) is 6.72. The van der Waals surface area contributed by atoms with E-state index in [1.807, 2.05) is 6.92 Å². The zero-order valence-corrected chi connectivity index (χ0v) is 11.8. The number of nitrogens with two attached hydrogens (primary N) is 1. The summed E-state index contributed by atoms with van der Waals surface area (Å²) in [5, 5.41) is 0. The lowest BCUT2D eigenvalue weighted by molar-refractivity contribution is -0.0899. The number of halogens is 1. The highest BCUT2D eigenvalue weighted by Crippen LogP contribution is 2.46. The predicted molar refractivity (Wildman–Crippen MR) is 74.9 cm³/mol. The molecule has 0 bridgehead atoms. The third kappa shape index (κ3) is 2.24. The molecule has 0 radical (unpaired) electrons. The molecule has 2 N–H and O–H groups in total. The van der Waals surface area contributed by atoms with E-state index in [-0.39, 0.29) is 11.7 Å². The van der Waals surface area contributed by atoms with Crippen molar-refractivity contribution in [2.45, 2.75) is 44.7 Å². The van der Waals surface area contributed by atoms with E-state index in [1.165, 1.54) is 12.3 Å². The molecule has 110 valence electrons. The van der Waals surface area contributed by atoms with Gasteiger partial charge < -0.3 is 10.5 Å². The zero-order valence-electron chi connectivity index (χ0n) is 11.8. The van der Waals surface area contributed by atoms with Crippen molar-refractivity contribution >= 4 is 5.82 Å². The largest absolute Gasteiger partial charge is 0.383 e. The Hall–Kier alpha value is -1.69. The highest BCUT2D eigenvalue weighted by atomic mass is 19.1. The van der Waals surface area contributed by atoms with Gasteiger partial charge in [-0.1, -0.05) is 19.9 Å². The van der Waals surface area contributed by atoms with Gasteiger partial charge in [0.15, 0.2) is 12.4 Å². The molecule has 0 saturated carbocycles. The van der Waals surface area contributed by atoms with Gasteiger partial charge in [-0.25, -0.2) is 9.18 Å². The Bertz CT molecular complexity index is 560. The van der Waals surface area contributed by atoms with E-state index in [0.29, 0.717) is 12.8 Å². The van der Waals surface area contributed by atoms with Crippen molar-refractivity contribution < 1.29 is 9.13 Å². The summed E-state index contributed by atoms with van der Waals surface area (Å²) in [5.41, 5.74) is 4.21. The number of nitrogens with zero attached hydrogens (tertiary/aromatic N) is 2. The summed E-state index contributed by atoms with van der Waals surface area (Å²) in [5.74, 6) is -0.222. The monoisotopic (exact) mass is 281 g/mol. The lowest BCUT2D eigenvalue weighted by atomic mass is 9.83. The van der Waals surface area contributed by atoms with Crippen LogP contribution in [0.15, 0.2) is 29.7 Å². The fourth-order valence-electron chi connectivity index (χ4n) is 2.81. The van der Waals surface area contributed by atoms with Gasteiger partial charge in [0.1, 0.15) is 5.82 Å². The van der Waals surface area contributed by atoms with Gasteiger partial charge >= 0.3 is 5.69 Å². The maximum absolute atomic E-state index is 14.6. The van der Waals surface area contributed by atoms with E-state index in [2.05, 4.69) is 11.6 Å². The molecule has 0 aliphatic carbocycles. The Kier molecular flexibility index (Phi) is 3.94. The lowest BCUT2D eigenvalue weighted by Gasteiger charge is -2.30. The molecule has 2 heterocycles. The Morgan fingerprint density at radius 1 is 1.70 bits per heavy atom. The lowest BCUT2D eigenvalue weighted by Crippen LogP contribution is -2.34. The number of anilines is 1. The van der Waals surface area contributed by atoms with Crippen LogP contribution < -0.4 is 11.4 Å². The van der Waals surface area contributed by atoms with Gasteiger partial charge in [0, 0.05) is 12.1 Å². The van der Waals surface area contributed by atoms with Gasteiger partial charge in [-0.2, -0.15) is 4.98 Å². The van der Waals surface area contributed by atoms with Crippen LogP contribution in [0.4, 0.5) is 10.2 Å². The maximum atomic E-state index is 14.6. The minimum Gasteiger partial charge on any atom is -0.383 e. The molecule has 20 heavy (non-hydrogen) atoms. The van der Waals surface area contributed by atoms with E-state index in [4.69, 9.17) is 10.5 Å². The Labute approximate surface area is 117 Å². The molecule has 4 atom stereocenters. The Morgan fingerprint density at radius 3 is 2.95 bits per heavy atom. The first kappa shape index (κ1) is 14.7. The van der Waals surface area contributed by atoms with Crippen LogP contribution in [0.3, 0.4) is 0 Å². The second-order valence-corrected chi connectivity index (χ2v) is 5.19. The molecule has 1 aromatic heterocycles. The Balaban J connectivity index is 2.39. The number of nitrogen functional groups attached to an aromatic ring is 1. The number of rotatable bonds is 4. The van der Waals surface area contributed by atoms with Crippen LogP contribution in [0.1, 0.15) is 32.9 Å². The number of hydrogen-bond donors (Lipinski definition) is 1. The fraction of sp³-hybridized carbons (Fsp3) is 0.571. The molecule has 6 heteroatoms. The van der Waals surface area contributed by atoms with Gasteiger partial charge in [0.2, 0.25) is 0 Å². The van der Waals surface area contributed by atoms with Crippen molar-refractivity contribution in [3.8, 4) is 0 Å². The molecule has 0 unspecified atom stereocenters. The van der Waals surface area contributed by atoms with E-state index in [1.54, 1.807) is 13.0 Å². The average molecular weight is 281 g/mol. The number of ether oxygens (including phenoxy) is 1. The van der Waals surface area contributed by atoms with Crippen LogP contribution in [0.25, 0.3) is 0 Å². The standard InChI is InChI=1S/C14H20FN3O2/c1-4-7-14(5-2)9(3)11(15)12(20-14)18-8-6-10(16)17-13(18)19/h4,6,8-9,11-12H,1,5,7H2,2-3H3,(H2,16,17,19)/t9-,11+,12+,14-/m0/s1. The van der Waals surface area contributed by atoms with Gasteiger partial charge in [-0.05, 0) is 18.9 Å². The van der Waals surface area contributed by atoms with Crippen LogP contribution in [0.2, 0.25) is 0 Å². The van der Waals surface area contributed by atoms with Crippen LogP contribution in [0.5, 0.6) is 0 Å². The topological polar surface area (TPSA) is 70.1 Å². The summed E-state index contributed by atoms with van der Waals surface area (Å²) in [7, 11) is 0. The molecule has 2 rings (SSSR count). The van der Waals surface area contributed by atoms with Crippen molar-refractivity contribution in [3.63, 3.8) is 0 Å². The summed E-state index contributed by atoms with van der Waals surface area (Å²) in [6.07, 6.45) is 2.09. The molecule has 1 aliphatic heterocycles. The van der Waals surface area contributed by atoms with Crippen LogP contribution in [-0.2, 0) is 4.74 Å². The molecule has 0 amide bonds. The summed E-state index contributed by atoms with van der Waals surface area (Å²) in [4.78, 5) is 15.5. The molecule has 1 fully saturated rings. The Morgan fingerprint density at radius 2 is 2.40 bits per heavy atom. The summed E-state index contributed by atoms with van der Waals surface area (Å²) >= 11 is 0. The van der Waals surface area contributed by atoms with Gasteiger partial charge in [-0.15, -0.1) is 6.58 Å². The molecular weight excluding hydrogens is 261 g/mol. The first-order valence-electron chi connectivity index (χ1n) is 6.72. The quantitative estimate of drug-likeness (QED) is 0.858. The highest BCUT2D eigenvalue weighted by molar-refractivity contribution is 5.23. The summed E-state index contributed by atoms with van der Waals surface area (Å²) < 4.78 is 21.6. The van der Waals surface area contributed by atoms with Gasteiger partial charge in [0.05, 0.1) is 5.60 Å². The minimum absolute atomic E-state index is 0.112. The predicted octanol–water partition coefficient (Wildman–Crippen LogP) is 2.05. The molecule has 5 nitrogen and oxygen atoms in total. The second-order valence-electron chi connectivity index (χ2n) is 5.19. The van der Waals surface area contributed by atoms with E-state index in [9.17, 15) is 9.18 Å². The van der Waals surface area contributed by atoms with Crippen LogP contribution in [0, 0.1) is 5.92 Å². The number of alkyl halides is 1. The zero-order chi connectivity index (χ0) is 14.9. The fourth-order valence-corrected chi connectivity index (χ4v) is 2.81. The van der Waals surface area contributed by atoms with E-state index >= 15 is 0 Å². The van der Waals surface area contributed by atoms with Crippen molar-refractivity contribution in [2.75, 3.05) is 5.73 Å². The smallest absolute Gasteiger partial charge is 0.351 e. The van der Waals surface area contributed by atoms with Gasteiger partial charge in [0.25, 0.3) is 0 Å². The van der Waals surface area contributed by atoms with Crippen LogP contribution in [-0.4, -0.2) is 21.3 Å². The summed E-state index contributed by atoms with van der Waals surface area (Å²) in [6.45, 7) is 7.45. The van der Waals surface area contributed by atoms with Crippen molar-refractivity contribution in [2.24, 2.45) is 5.92 Å². The number of hydrogen-bond acceptors (Lipinski definition) is 4. The van der Waals surface area contributed by atoms with Crippen molar-refractivity contribution in [3.05, 3.63) is 35.4 Å². The second kappa shape index (κ2) is 5.36. The molecule has 1 saturated heterocycles. The maximum Gasteiger partial charge on any atom is 0.351 e. The number of aromatic nitrogens is 2. The molecule has 1 aromatic rings. The molecule has 1 aliphatic rings. The third-order valence-corrected chi connectivity index (χ3v) is 4.15. The molecule has 0 aromatic carbocycles. The van der Waals surface area contributed by atoms with Crippen molar-refractivity contribution in [1.82, 2.24) is 9.55 Å². The van der Waals surface area contributed by atoms with Crippen LogP contribution >= 0.6 is 0 Å². The molecular formula is C14H20FN3O2. The van der Waals surface area contributed by atoms with Crippen molar-refractivity contribution in [1.29, 1.82) is 0 Å². The SMILES string of the molecule is C=CC[C@]1(CC)O[C@@H](n2ccc(N)nc2=O)[C@H](F)[C@@H]1C. The normalized spacial score (nSPS) is 33.2. The average Bonchev–Trinajstić information content (AvgIpc) is 2.65. The first-order chi connectivity index (χ1) is 9.45. The van der Waals surface area contributed by atoms with Gasteiger partial charge in [-0.3, -0.25) is 4.57 Å². The third-order valence-electron chi connectivity index (χ3n) is 4.15.